The Kier molecular flexibility index (Phi) is 5.96. The Morgan fingerprint density at radius 3 is 2.18 bits per heavy atom. The molecule has 8 nitrogen and oxygen atoms in total. The molecule has 4 bridgehead atoms. The third kappa shape index (κ3) is 3.72. The average molecular weight is 471 g/mol. The molecule has 2 N–H and O–H groups in total. The van der Waals surface area contributed by atoms with Crippen LogP contribution in [-0.4, -0.2) is 62.9 Å². The summed E-state index contributed by atoms with van der Waals surface area (Å²) in [5.74, 6) is 2.59. The van der Waals surface area contributed by atoms with E-state index in [1.54, 1.807) is 14.2 Å². The number of methoxy groups -OCH3 is 3. The first kappa shape index (κ1) is 23.0. The Morgan fingerprint density at radius 1 is 1.06 bits per heavy atom. The van der Waals surface area contributed by atoms with Gasteiger partial charge in [-0.05, 0) is 73.3 Å². The highest BCUT2D eigenvalue weighted by Gasteiger charge is 2.52. The Hall–Kier alpha value is -2.74. The minimum atomic E-state index is -0.548. The topological polar surface area (TPSA) is 97.3 Å². The monoisotopic (exact) mass is 470 g/mol. The largest absolute Gasteiger partial charge is 0.493 e. The van der Waals surface area contributed by atoms with Crippen LogP contribution in [0.15, 0.2) is 23.4 Å². The number of esters is 1. The molecule has 1 amide bonds. The quantitative estimate of drug-likeness (QED) is 0.564. The van der Waals surface area contributed by atoms with E-state index in [2.05, 4.69) is 11.4 Å². The lowest BCUT2D eigenvalue weighted by Gasteiger charge is -2.57. The number of amides is 1. The van der Waals surface area contributed by atoms with Crippen molar-refractivity contribution in [2.45, 2.75) is 43.9 Å². The van der Waals surface area contributed by atoms with E-state index in [9.17, 15) is 14.7 Å². The molecule has 0 saturated heterocycles. The lowest BCUT2D eigenvalue weighted by molar-refractivity contribution is -0.136. The van der Waals surface area contributed by atoms with Crippen LogP contribution < -0.4 is 14.8 Å². The number of aliphatic hydroxyl groups excluding tert-OH is 1. The molecule has 4 aliphatic carbocycles. The fourth-order valence-corrected chi connectivity index (χ4v) is 7.35. The minimum absolute atomic E-state index is 0.0229. The lowest BCUT2D eigenvalue weighted by Crippen LogP contribution is -2.48. The molecule has 1 aliphatic heterocycles. The zero-order valence-corrected chi connectivity index (χ0v) is 20.2. The van der Waals surface area contributed by atoms with E-state index in [4.69, 9.17) is 14.2 Å². The summed E-state index contributed by atoms with van der Waals surface area (Å²) in [4.78, 5) is 27.2. The molecule has 6 rings (SSSR count). The third-order valence-corrected chi connectivity index (χ3v) is 8.35. The number of aliphatic hydroxyl groups is 1. The number of ether oxygens (including phenoxy) is 3. The molecule has 5 aliphatic rings. The van der Waals surface area contributed by atoms with Gasteiger partial charge in [-0.25, -0.2) is 4.79 Å². The van der Waals surface area contributed by atoms with Crippen molar-refractivity contribution in [3.8, 4) is 11.5 Å². The number of β-amino-alcohol motifs (C(OH)–C–C–N with tert-alkyl or cyclic N) is 1. The smallest absolute Gasteiger partial charge is 0.337 e. The highest BCUT2D eigenvalue weighted by atomic mass is 16.5. The third-order valence-electron chi connectivity index (χ3n) is 8.35. The molecular weight excluding hydrogens is 436 g/mol. The molecule has 1 aromatic rings. The van der Waals surface area contributed by atoms with Crippen LogP contribution in [0.25, 0.3) is 0 Å². The van der Waals surface area contributed by atoms with Crippen LogP contribution in [0, 0.1) is 17.8 Å². The number of anilines is 1. The second-order valence-corrected chi connectivity index (χ2v) is 10.4. The van der Waals surface area contributed by atoms with Gasteiger partial charge < -0.3 is 29.5 Å². The molecule has 1 aromatic carbocycles. The number of rotatable bonds is 8. The highest BCUT2D eigenvalue weighted by Crippen LogP contribution is 2.62. The average Bonchev–Trinajstić information content (AvgIpc) is 3.12. The summed E-state index contributed by atoms with van der Waals surface area (Å²) in [6.07, 6.45) is 7.37. The molecule has 4 saturated carbocycles. The van der Waals surface area contributed by atoms with Crippen molar-refractivity contribution in [1.82, 2.24) is 4.90 Å². The van der Waals surface area contributed by atoms with Gasteiger partial charge in [0.15, 0.2) is 11.5 Å². The second kappa shape index (κ2) is 8.80. The fourth-order valence-electron chi connectivity index (χ4n) is 7.35. The second-order valence-electron chi connectivity index (χ2n) is 10.4. The molecule has 0 spiro atoms. The van der Waals surface area contributed by atoms with E-state index >= 15 is 0 Å². The molecule has 0 aromatic heterocycles. The summed E-state index contributed by atoms with van der Waals surface area (Å²) in [5.41, 5.74) is 2.41. The van der Waals surface area contributed by atoms with Gasteiger partial charge in [-0.3, -0.25) is 4.79 Å². The predicted octanol–water partition coefficient (Wildman–Crippen LogP) is 2.85. The number of nitrogens with one attached hydrogen (secondary N) is 1. The number of benzene rings is 1. The van der Waals surface area contributed by atoms with Crippen molar-refractivity contribution in [1.29, 1.82) is 0 Å². The van der Waals surface area contributed by atoms with Gasteiger partial charge in [-0.2, -0.15) is 0 Å². The van der Waals surface area contributed by atoms with E-state index in [0.717, 1.165) is 48.3 Å². The van der Waals surface area contributed by atoms with Crippen molar-refractivity contribution in [2.75, 3.05) is 46.3 Å². The van der Waals surface area contributed by atoms with Gasteiger partial charge in [0.25, 0.3) is 5.91 Å². The Morgan fingerprint density at radius 2 is 1.65 bits per heavy atom. The lowest BCUT2D eigenvalue weighted by atomic mass is 9.48. The maximum atomic E-state index is 13.2. The van der Waals surface area contributed by atoms with Crippen LogP contribution >= 0.6 is 0 Å². The van der Waals surface area contributed by atoms with Crippen molar-refractivity contribution < 1.29 is 28.9 Å². The van der Waals surface area contributed by atoms with Crippen molar-refractivity contribution in [3.63, 3.8) is 0 Å². The van der Waals surface area contributed by atoms with Gasteiger partial charge in [0, 0.05) is 18.3 Å². The number of carbonyl (C=O) groups excluding carboxylic acids is 2. The summed E-state index contributed by atoms with van der Waals surface area (Å²) in [7, 11) is 4.54. The maximum absolute atomic E-state index is 13.2. The van der Waals surface area contributed by atoms with Crippen molar-refractivity contribution in [3.05, 3.63) is 29.0 Å². The first-order chi connectivity index (χ1) is 16.4. The van der Waals surface area contributed by atoms with Gasteiger partial charge in [0.2, 0.25) is 0 Å². The maximum Gasteiger partial charge on any atom is 0.337 e. The summed E-state index contributed by atoms with van der Waals surface area (Å²) < 4.78 is 16.2. The van der Waals surface area contributed by atoms with E-state index in [1.165, 1.54) is 31.3 Å². The molecule has 0 unspecified atom stereocenters. The normalized spacial score (nSPS) is 29.6. The molecule has 184 valence electrons. The van der Waals surface area contributed by atoms with E-state index in [-0.39, 0.29) is 42.3 Å². The van der Waals surface area contributed by atoms with Gasteiger partial charge in [0.05, 0.1) is 40.1 Å². The minimum Gasteiger partial charge on any atom is -0.493 e. The number of hydrogen-bond donors (Lipinski definition) is 2. The van der Waals surface area contributed by atoms with Crippen molar-refractivity contribution >= 4 is 17.6 Å². The summed E-state index contributed by atoms with van der Waals surface area (Å²) in [6, 6.07) is 3.95. The van der Waals surface area contributed by atoms with Crippen LogP contribution in [0.4, 0.5) is 5.69 Å². The van der Waals surface area contributed by atoms with E-state index in [0.29, 0.717) is 11.5 Å². The SMILES string of the molecule is COC(=O)C1=C(Nc2cc(OC)c(OC)cc2C23CC4CC(CC(C4)C2)C3)C(=O)N(CCO)C1. The molecule has 0 atom stereocenters. The van der Waals surface area contributed by atoms with Crippen LogP contribution in [0.3, 0.4) is 0 Å². The predicted molar refractivity (Wildman–Crippen MR) is 126 cm³/mol. The fraction of sp³-hybridized carbons (Fsp3) is 0.615. The summed E-state index contributed by atoms with van der Waals surface area (Å²) in [6.45, 7) is 0.0784. The summed E-state index contributed by atoms with van der Waals surface area (Å²) in [5, 5.41) is 12.7. The van der Waals surface area contributed by atoms with Gasteiger partial charge in [0.1, 0.15) is 5.70 Å². The molecule has 8 heteroatoms. The van der Waals surface area contributed by atoms with Crippen LogP contribution in [-0.2, 0) is 19.7 Å². The van der Waals surface area contributed by atoms with Gasteiger partial charge in [-0.15, -0.1) is 0 Å². The Balaban J connectivity index is 1.60. The Labute approximate surface area is 200 Å². The molecule has 1 heterocycles. The molecule has 4 fully saturated rings. The standard InChI is InChI=1S/C26H34N2O6/c1-32-21-9-19(26-11-15-6-16(12-26)8-17(7-15)13-26)20(10-22(21)33-2)27-23-18(25(31)34-3)14-28(4-5-29)24(23)30/h9-10,15-17,27,29H,4-8,11-14H2,1-3H3. The van der Waals surface area contributed by atoms with Crippen LogP contribution in [0.1, 0.15) is 44.1 Å². The first-order valence-electron chi connectivity index (χ1n) is 12.2. The Bertz CT molecular complexity index is 997. The molecular formula is C26H34N2O6. The van der Waals surface area contributed by atoms with Gasteiger partial charge in [-0.1, -0.05) is 0 Å². The first-order valence-corrected chi connectivity index (χ1v) is 12.2. The number of carbonyl (C=O) groups is 2. The number of hydrogen-bond acceptors (Lipinski definition) is 7. The van der Waals surface area contributed by atoms with E-state index in [1.807, 2.05) is 6.07 Å². The van der Waals surface area contributed by atoms with Crippen LogP contribution in [0.5, 0.6) is 11.5 Å². The number of nitrogens with zero attached hydrogens (tertiary/aromatic N) is 1. The zero-order chi connectivity index (χ0) is 24.0. The molecule has 34 heavy (non-hydrogen) atoms. The molecule has 0 radical (unpaired) electrons. The summed E-state index contributed by atoms with van der Waals surface area (Å²) >= 11 is 0. The van der Waals surface area contributed by atoms with E-state index < -0.39 is 5.97 Å². The highest BCUT2D eigenvalue weighted by molar-refractivity contribution is 6.08. The zero-order valence-electron chi connectivity index (χ0n) is 20.2. The van der Waals surface area contributed by atoms with Gasteiger partial charge >= 0.3 is 5.97 Å². The van der Waals surface area contributed by atoms with Crippen molar-refractivity contribution in [2.24, 2.45) is 17.8 Å². The van der Waals surface area contributed by atoms with Crippen LogP contribution in [0.2, 0.25) is 0 Å².